The third-order valence-electron chi connectivity index (χ3n) is 2.30. The van der Waals surface area contributed by atoms with E-state index >= 15 is 0 Å². The molecule has 0 fully saturated rings. The van der Waals surface area contributed by atoms with Gasteiger partial charge in [0.05, 0.1) is 0 Å². The fourth-order valence-corrected chi connectivity index (χ4v) is 1.21. The molecule has 2 N–H and O–H groups in total. The maximum absolute atomic E-state index is 5.56. The van der Waals surface area contributed by atoms with Crippen LogP contribution in [-0.2, 0) is 6.42 Å². The summed E-state index contributed by atoms with van der Waals surface area (Å²) < 4.78 is 5.56. The Morgan fingerprint density at radius 3 is 2.53 bits per heavy atom. The third-order valence-corrected chi connectivity index (χ3v) is 2.30. The van der Waals surface area contributed by atoms with Gasteiger partial charge in [0.25, 0.3) is 0 Å². The molecule has 2 nitrogen and oxygen atoms in total. The Morgan fingerprint density at radius 1 is 1.33 bits per heavy atom. The molecular weight excluding hydrogens is 186 g/mol. The second-order valence-corrected chi connectivity index (χ2v) is 3.57. The zero-order chi connectivity index (χ0) is 11.1. The fourth-order valence-electron chi connectivity index (χ4n) is 1.21. The summed E-state index contributed by atoms with van der Waals surface area (Å²) in [5.74, 6) is 0.894. The van der Waals surface area contributed by atoms with Gasteiger partial charge in [0.15, 0.2) is 0 Å². The summed E-state index contributed by atoms with van der Waals surface area (Å²) in [6.07, 6.45) is 1.88. The maximum Gasteiger partial charge on any atom is 0.119 e. The molecule has 1 rings (SSSR count). The highest BCUT2D eigenvalue weighted by molar-refractivity contribution is 5.27. The number of hydrogen-bond acceptors (Lipinski definition) is 2. The monoisotopic (exact) mass is 205 g/mol. The van der Waals surface area contributed by atoms with Gasteiger partial charge in [-0.1, -0.05) is 25.6 Å². The first-order valence-corrected chi connectivity index (χ1v) is 5.34. The third kappa shape index (κ3) is 4.17. The van der Waals surface area contributed by atoms with Crippen molar-refractivity contribution in [3.05, 3.63) is 42.0 Å². The van der Waals surface area contributed by atoms with Gasteiger partial charge in [0.2, 0.25) is 0 Å². The second-order valence-electron chi connectivity index (χ2n) is 3.57. The van der Waals surface area contributed by atoms with Crippen LogP contribution in [0.25, 0.3) is 0 Å². The lowest BCUT2D eigenvalue weighted by Gasteiger charge is -2.07. The van der Waals surface area contributed by atoms with Crippen LogP contribution in [0.1, 0.15) is 18.9 Å². The van der Waals surface area contributed by atoms with Crippen molar-refractivity contribution in [1.82, 2.24) is 0 Å². The number of ether oxygens (including phenoxy) is 1. The topological polar surface area (TPSA) is 35.2 Å². The summed E-state index contributed by atoms with van der Waals surface area (Å²) in [5, 5.41) is 0. The van der Waals surface area contributed by atoms with Gasteiger partial charge in [-0.15, -0.1) is 0 Å². The van der Waals surface area contributed by atoms with E-state index in [1.54, 1.807) is 0 Å². The van der Waals surface area contributed by atoms with Crippen LogP contribution in [0.15, 0.2) is 36.4 Å². The first kappa shape index (κ1) is 11.8. The molecule has 82 valence electrons. The van der Waals surface area contributed by atoms with E-state index in [0.717, 1.165) is 24.2 Å². The molecular formula is C13H19NO. The molecule has 0 aromatic heterocycles. The predicted octanol–water partition coefficient (Wildman–Crippen LogP) is 2.53. The summed E-state index contributed by atoms with van der Waals surface area (Å²) in [6.45, 7) is 7.26. The zero-order valence-corrected chi connectivity index (χ0v) is 9.33. The van der Waals surface area contributed by atoms with Crippen molar-refractivity contribution >= 4 is 0 Å². The Hall–Kier alpha value is -1.28. The van der Waals surface area contributed by atoms with Crippen LogP contribution in [0.3, 0.4) is 0 Å². The lowest BCUT2D eigenvalue weighted by molar-refractivity contribution is 0.349. The molecule has 0 atom stereocenters. The Kier molecular flexibility index (Phi) is 4.91. The summed E-state index contributed by atoms with van der Waals surface area (Å²) in [4.78, 5) is 0. The smallest absolute Gasteiger partial charge is 0.119 e. The molecule has 1 aromatic rings. The van der Waals surface area contributed by atoms with Crippen LogP contribution in [0.4, 0.5) is 0 Å². The standard InChI is InChI=1S/C13H19NO/c1-3-11(2)10-15-13-6-4-12(5-7-13)8-9-14/h4-7H,2-3,8-10,14H2,1H3. The molecule has 15 heavy (non-hydrogen) atoms. The number of nitrogens with two attached hydrogens (primary N) is 1. The van der Waals surface area contributed by atoms with Crippen molar-refractivity contribution in [2.45, 2.75) is 19.8 Å². The minimum absolute atomic E-state index is 0.604. The van der Waals surface area contributed by atoms with E-state index in [1.807, 2.05) is 12.1 Å². The normalized spacial score (nSPS) is 10.0. The summed E-state index contributed by atoms with van der Waals surface area (Å²) in [6, 6.07) is 8.07. The number of benzene rings is 1. The molecule has 0 aliphatic carbocycles. The lowest BCUT2D eigenvalue weighted by atomic mass is 10.1. The van der Waals surface area contributed by atoms with Crippen molar-refractivity contribution in [1.29, 1.82) is 0 Å². The second kappa shape index (κ2) is 6.25. The minimum Gasteiger partial charge on any atom is -0.489 e. The van der Waals surface area contributed by atoms with E-state index in [-0.39, 0.29) is 0 Å². The first-order chi connectivity index (χ1) is 7.26. The highest BCUT2D eigenvalue weighted by Crippen LogP contribution is 2.13. The largest absolute Gasteiger partial charge is 0.489 e. The molecule has 0 aliphatic heterocycles. The van der Waals surface area contributed by atoms with Gasteiger partial charge in [-0.2, -0.15) is 0 Å². The molecule has 0 aliphatic rings. The molecule has 0 heterocycles. The summed E-state index contributed by atoms with van der Waals surface area (Å²) >= 11 is 0. The van der Waals surface area contributed by atoms with E-state index in [9.17, 15) is 0 Å². The van der Waals surface area contributed by atoms with Gasteiger partial charge in [-0.05, 0) is 42.7 Å². The van der Waals surface area contributed by atoms with Gasteiger partial charge >= 0.3 is 0 Å². The molecule has 0 spiro atoms. The maximum atomic E-state index is 5.56. The average Bonchev–Trinajstić information content (AvgIpc) is 2.28. The first-order valence-electron chi connectivity index (χ1n) is 5.34. The fraction of sp³-hybridized carbons (Fsp3) is 0.385. The van der Waals surface area contributed by atoms with Crippen molar-refractivity contribution in [3.8, 4) is 5.75 Å². The van der Waals surface area contributed by atoms with Crippen LogP contribution in [0.2, 0.25) is 0 Å². The molecule has 0 amide bonds. The molecule has 0 bridgehead atoms. The van der Waals surface area contributed by atoms with E-state index in [4.69, 9.17) is 10.5 Å². The highest BCUT2D eigenvalue weighted by atomic mass is 16.5. The van der Waals surface area contributed by atoms with Gasteiger partial charge in [0.1, 0.15) is 12.4 Å². The molecule has 0 saturated heterocycles. The average molecular weight is 205 g/mol. The van der Waals surface area contributed by atoms with Gasteiger partial charge < -0.3 is 10.5 Å². The molecule has 2 heteroatoms. The predicted molar refractivity (Wildman–Crippen MR) is 64.1 cm³/mol. The summed E-state index contributed by atoms with van der Waals surface area (Å²) in [5.41, 5.74) is 7.83. The van der Waals surface area contributed by atoms with Crippen LogP contribution in [0, 0.1) is 0 Å². The van der Waals surface area contributed by atoms with Gasteiger partial charge in [0, 0.05) is 0 Å². The Balaban J connectivity index is 2.45. The SMILES string of the molecule is C=C(CC)COc1ccc(CCN)cc1. The Bertz CT molecular complexity index is 303. The van der Waals surface area contributed by atoms with Crippen molar-refractivity contribution in [3.63, 3.8) is 0 Å². The molecule has 0 saturated carbocycles. The quantitative estimate of drug-likeness (QED) is 0.724. The van der Waals surface area contributed by atoms with Gasteiger partial charge in [-0.3, -0.25) is 0 Å². The van der Waals surface area contributed by atoms with E-state index in [1.165, 1.54) is 5.56 Å². The van der Waals surface area contributed by atoms with E-state index in [2.05, 4.69) is 25.6 Å². The molecule has 0 unspecified atom stereocenters. The Labute approximate surface area is 91.7 Å². The summed E-state index contributed by atoms with van der Waals surface area (Å²) in [7, 11) is 0. The Morgan fingerprint density at radius 2 is 2.00 bits per heavy atom. The van der Waals surface area contributed by atoms with Crippen molar-refractivity contribution < 1.29 is 4.74 Å². The van der Waals surface area contributed by atoms with Crippen LogP contribution >= 0.6 is 0 Å². The molecule has 0 radical (unpaired) electrons. The van der Waals surface area contributed by atoms with Crippen LogP contribution in [0.5, 0.6) is 5.75 Å². The van der Waals surface area contributed by atoms with E-state index in [0.29, 0.717) is 13.2 Å². The minimum atomic E-state index is 0.604. The van der Waals surface area contributed by atoms with Crippen LogP contribution < -0.4 is 10.5 Å². The highest BCUT2D eigenvalue weighted by Gasteiger charge is 1.96. The van der Waals surface area contributed by atoms with Gasteiger partial charge in [-0.25, -0.2) is 0 Å². The van der Waals surface area contributed by atoms with E-state index < -0.39 is 0 Å². The lowest BCUT2D eigenvalue weighted by Crippen LogP contribution is -2.03. The van der Waals surface area contributed by atoms with Crippen LogP contribution in [-0.4, -0.2) is 13.2 Å². The zero-order valence-electron chi connectivity index (χ0n) is 9.33. The molecule has 1 aromatic carbocycles. The number of hydrogen-bond donors (Lipinski definition) is 1. The number of rotatable bonds is 6. The van der Waals surface area contributed by atoms with Crippen molar-refractivity contribution in [2.75, 3.05) is 13.2 Å². The van der Waals surface area contributed by atoms with Crippen molar-refractivity contribution in [2.24, 2.45) is 5.73 Å².